The van der Waals surface area contributed by atoms with Gasteiger partial charge in [0.25, 0.3) is 5.91 Å². The molecule has 160 valence electrons. The van der Waals surface area contributed by atoms with Gasteiger partial charge in [-0.25, -0.2) is 4.39 Å². The molecule has 3 unspecified atom stereocenters. The first-order valence-corrected chi connectivity index (χ1v) is 11.2. The predicted molar refractivity (Wildman–Crippen MR) is 122 cm³/mol. The van der Waals surface area contributed by atoms with Crippen molar-refractivity contribution in [1.29, 1.82) is 0 Å². The summed E-state index contributed by atoms with van der Waals surface area (Å²) in [5, 5.41) is 3.70. The summed E-state index contributed by atoms with van der Waals surface area (Å²) in [7, 11) is 0. The van der Waals surface area contributed by atoms with E-state index >= 15 is 0 Å². The first kappa shape index (κ1) is 22.3. The number of nitrogens with one attached hydrogen (secondary N) is 1. The Kier molecular flexibility index (Phi) is 6.81. The normalized spacial score (nSPS) is 20.2. The van der Waals surface area contributed by atoms with Crippen LogP contribution in [0.4, 0.5) is 4.39 Å². The van der Waals surface area contributed by atoms with Crippen molar-refractivity contribution in [3.8, 4) is 10.8 Å². The molecule has 0 saturated carbocycles. The van der Waals surface area contributed by atoms with Crippen LogP contribution in [0.3, 0.4) is 0 Å². The van der Waals surface area contributed by atoms with Gasteiger partial charge in [-0.2, -0.15) is 0 Å². The van der Waals surface area contributed by atoms with Crippen LogP contribution in [0.5, 0.6) is 10.8 Å². The van der Waals surface area contributed by atoms with E-state index in [4.69, 9.17) is 4.74 Å². The lowest BCUT2D eigenvalue weighted by atomic mass is 9.77. The Balaban J connectivity index is 1.66. The summed E-state index contributed by atoms with van der Waals surface area (Å²) >= 11 is 1.31. The maximum absolute atomic E-state index is 14.2. The van der Waals surface area contributed by atoms with Crippen LogP contribution in [-0.4, -0.2) is 11.9 Å². The highest BCUT2D eigenvalue weighted by atomic mass is 32.1. The number of amides is 1. The van der Waals surface area contributed by atoms with E-state index in [1.54, 1.807) is 19.1 Å². The van der Waals surface area contributed by atoms with Crippen molar-refractivity contribution in [2.75, 3.05) is 0 Å². The number of halogens is 1. The summed E-state index contributed by atoms with van der Waals surface area (Å²) in [6.07, 6.45) is 1.64. The van der Waals surface area contributed by atoms with Crippen molar-refractivity contribution in [3.63, 3.8) is 0 Å². The molecule has 1 heterocycles. The van der Waals surface area contributed by atoms with Gasteiger partial charge in [0, 0.05) is 12.0 Å². The summed E-state index contributed by atoms with van der Waals surface area (Å²) in [5.41, 5.74) is 2.95. The molecule has 1 aliphatic rings. The predicted octanol–water partition coefficient (Wildman–Crippen LogP) is 7.24. The lowest BCUT2D eigenvalue weighted by Gasteiger charge is -2.32. The molecule has 30 heavy (non-hydrogen) atoms. The fraction of sp³-hybridized carbons (Fsp3) is 0.400. The molecule has 3 atom stereocenters. The molecule has 5 heteroatoms. The van der Waals surface area contributed by atoms with Gasteiger partial charge in [0.15, 0.2) is 5.06 Å². The molecular weight excluding hydrogens is 397 g/mol. The van der Waals surface area contributed by atoms with Gasteiger partial charge in [-0.1, -0.05) is 49.8 Å². The number of benzene rings is 1. The van der Waals surface area contributed by atoms with E-state index in [9.17, 15) is 9.18 Å². The van der Waals surface area contributed by atoms with Gasteiger partial charge in [-0.3, -0.25) is 4.79 Å². The molecule has 1 aromatic heterocycles. The number of rotatable bonds is 6. The number of carbonyl (C=O) groups is 1. The van der Waals surface area contributed by atoms with E-state index in [1.165, 1.54) is 16.9 Å². The highest BCUT2D eigenvalue weighted by molar-refractivity contribution is 7.15. The van der Waals surface area contributed by atoms with Crippen LogP contribution in [-0.2, 0) is 0 Å². The van der Waals surface area contributed by atoms with Gasteiger partial charge < -0.3 is 10.1 Å². The minimum absolute atomic E-state index is 0.0768. The van der Waals surface area contributed by atoms with Crippen molar-refractivity contribution < 1.29 is 13.9 Å². The molecule has 1 aromatic carbocycles. The van der Waals surface area contributed by atoms with Gasteiger partial charge in [0.2, 0.25) is 0 Å². The smallest absolute Gasteiger partial charge is 0.261 e. The minimum Gasteiger partial charge on any atom is -0.447 e. The van der Waals surface area contributed by atoms with Gasteiger partial charge in [-0.05, 0) is 74.1 Å². The third-order valence-corrected chi connectivity index (χ3v) is 7.00. The second-order valence-electron chi connectivity index (χ2n) is 8.40. The zero-order chi connectivity index (χ0) is 22.0. The summed E-state index contributed by atoms with van der Waals surface area (Å²) in [5.74, 6) is 0.929. The van der Waals surface area contributed by atoms with Crippen molar-refractivity contribution >= 4 is 17.2 Å². The number of ether oxygens (including phenoxy) is 1. The van der Waals surface area contributed by atoms with Crippen LogP contribution in [0.1, 0.15) is 62.7 Å². The van der Waals surface area contributed by atoms with Gasteiger partial charge in [0.05, 0.1) is 4.88 Å². The SMILES string of the molecule is CC1=C(C)C(C)C(C(C)NC(=O)c2ccc(Oc3cccc(C(C)C)c3)s2)C=C1F. The van der Waals surface area contributed by atoms with Crippen molar-refractivity contribution in [2.24, 2.45) is 11.8 Å². The molecule has 0 fully saturated rings. The van der Waals surface area contributed by atoms with Crippen LogP contribution in [0.15, 0.2) is 59.4 Å². The monoisotopic (exact) mass is 427 g/mol. The van der Waals surface area contributed by atoms with Crippen LogP contribution in [0.25, 0.3) is 0 Å². The summed E-state index contributed by atoms with van der Waals surface area (Å²) in [4.78, 5) is 13.3. The van der Waals surface area contributed by atoms with E-state index in [0.717, 1.165) is 11.3 Å². The highest BCUT2D eigenvalue weighted by Gasteiger charge is 2.30. The van der Waals surface area contributed by atoms with Crippen LogP contribution in [0.2, 0.25) is 0 Å². The Bertz CT molecular complexity index is 989. The van der Waals surface area contributed by atoms with Crippen LogP contribution < -0.4 is 10.1 Å². The number of thiophene rings is 1. The lowest BCUT2D eigenvalue weighted by Crippen LogP contribution is -2.40. The zero-order valence-corrected chi connectivity index (χ0v) is 19.3. The van der Waals surface area contributed by atoms with E-state index < -0.39 is 0 Å². The molecule has 1 N–H and O–H groups in total. The number of carbonyl (C=O) groups excluding carboxylic acids is 1. The number of allylic oxidation sites excluding steroid dienone is 3. The largest absolute Gasteiger partial charge is 0.447 e. The maximum atomic E-state index is 14.2. The van der Waals surface area contributed by atoms with Gasteiger partial charge in [0.1, 0.15) is 11.6 Å². The van der Waals surface area contributed by atoms with Crippen LogP contribution >= 0.6 is 11.3 Å². The molecule has 0 radical (unpaired) electrons. The summed E-state index contributed by atoms with van der Waals surface area (Å²) < 4.78 is 20.2. The Morgan fingerprint density at radius 3 is 2.60 bits per heavy atom. The van der Waals surface area contributed by atoms with Crippen molar-refractivity contribution in [2.45, 2.75) is 53.5 Å². The molecule has 0 saturated heterocycles. The minimum atomic E-state index is -0.188. The highest BCUT2D eigenvalue weighted by Crippen LogP contribution is 2.36. The molecule has 0 bridgehead atoms. The fourth-order valence-electron chi connectivity index (χ4n) is 3.76. The van der Waals surface area contributed by atoms with E-state index in [-0.39, 0.29) is 29.6 Å². The second-order valence-corrected chi connectivity index (χ2v) is 9.45. The standard InChI is InChI=1S/C25H30FNO2S/c1-14(2)19-8-7-9-20(12-19)29-24-11-10-23(30-24)25(28)27-18(6)21-13-22(26)17(5)15(3)16(21)4/h7-14,16,18,21H,1-6H3,(H,27,28). The Morgan fingerprint density at radius 1 is 1.17 bits per heavy atom. The zero-order valence-electron chi connectivity index (χ0n) is 18.5. The summed E-state index contributed by atoms with van der Waals surface area (Å²) in [6, 6.07) is 11.4. The molecule has 1 amide bonds. The lowest BCUT2D eigenvalue weighted by molar-refractivity contribution is 0.0931. The van der Waals surface area contributed by atoms with Gasteiger partial charge >= 0.3 is 0 Å². The van der Waals surface area contributed by atoms with E-state index in [2.05, 4.69) is 32.2 Å². The van der Waals surface area contributed by atoms with E-state index in [0.29, 0.717) is 21.4 Å². The van der Waals surface area contributed by atoms with Crippen molar-refractivity contribution in [1.82, 2.24) is 5.32 Å². The maximum Gasteiger partial charge on any atom is 0.261 e. The molecule has 1 aliphatic carbocycles. The summed E-state index contributed by atoms with van der Waals surface area (Å²) in [6.45, 7) is 12.1. The molecule has 2 aromatic rings. The second kappa shape index (κ2) is 9.17. The molecule has 3 rings (SSSR count). The first-order chi connectivity index (χ1) is 14.2. The Morgan fingerprint density at radius 2 is 1.90 bits per heavy atom. The first-order valence-electron chi connectivity index (χ1n) is 10.4. The number of hydrogen-bond acceptors (Lipinski definition) is 3. The van der Waals surface area contributed by atoms with Gasteiger partial charge in [-0.15, -0.1) is 0 Å². The molecular formula is C25H30FNO2S. The molecule has 0 spiro atoms. The Hall–Kier alpha value is -2.40. The van der Waals surface area contributed by atoms with E-state index in [1.807, 2.05) is 38.1 Å². The number of hydrogen-bond donors (Lipinski definition) is 1. The third kappa shape index (κ3) is 4.84. The quantitative estimate of drug-likeness (QED) is 0.528. The fourth-order valence-corrected chi connectivity index (χ4v) is 4.54. The molecule has 3 nitrogen and oxygen atoms in total. The topological polar surface area (TPSA) is 38.3 Å². The van der Waals surface area contributed by atoms with Crippen LogP contribution in [0, 0.1) is 11.8 Å². The Labute approximate surface area is 182 Å². The average molecular weight is 428 g/mol. The van der Waals surface area contributed by atoms with Crippen molar-refractivity contribution in [3.05, 3.63) is 69.9 Å². The average Bonchev–Trinajstić information content (AvgIpc) is 3.17. The third-order valence-electron chi connectivity index (χ3n) is 6.03. The molecule has 0 aliphatic heterocycles.